The molecule has 2 atom stereocenters. The molecule has 3 heterocycles. The fraction of sp³-hybridized carbons (Fsp3) is 0.500. The number of thiophene rings is 1. The van der Waals surface area contributed by atoms with E-state index < -0.39 is 0 Å². The lowest BCUT2D eigenvalue weighted by Crippen LogP contribution is -2.16. The lowest BCUT2D eigenvalue weighted by molar-refractivity contribution is 0.116. The first-order valence-corrected chi connectivity index (χ1v) is 6.85. The van der Waals surface area contributed by atoms with E-state index in [0.29, 0.717) is 11.7 Å². The van der Waals surface area contributed by atoms with Crippen LogP contribution in [-0.2, 0) is 4.74 Å². The Bertz CT molecular complexity index is 537. The van der Waals surface area contributed by atoms with Crippen LogP contribution in [0.1, 0.15) is 23.9 Å². The van der Waals surface area contributed by atoms with Crippen molar-refractivity contribution in [1.82, 2.24) is 15.5 Å². The van der Waals surface area contributed by atoms with E-state index in [-0.39, 0.29) is 12.1 Å². The maximum Gasteiger partial charge on any atom is 0.244 e. The maximum absolute atomic E-state index is 5.35. The summed E-state index contributed by atoms with van der Waals surface area (Å²) in [5.41, 5.74) is 2.23. The first kappa shape index (κ1) is 11.8. The zero-order valence-electron chi connectivity index (χ0n) is 10.3. The Hall–Kier alpha value is -1.24. The number of methoxy groups -OCH3 is 1. The highest BCUT2D eigenvalue weighted by Crippen LogP contribution is 2.28. The largest absolute Gasteiger partial charge is 0.380 e. The van der Waals surface area contributed by atoms with Gasteiger partial charge in [-0.3, -0.25) is 0 Å². The van der Waals surface area contributed by atoms with Gasteiger partial charge < -0.3 is 14.6 Å². The third kappa shape index (κ3) is 2.07. The van der Waals surface area contributed by atoms with Crippen LogP contribution < -0.4 is 5.32 Å². The van der Waals surface area contributed by atoms with Crippen LogP contribution in [-0.4, -0.2) is 29.9 Å². The Morgan fingerprint density at radius 2 is 2.39 bits per heavy atom. The molecule has 5 nitrogen and oxygen atoms in total. The first-order chi connectivity index (χ1) is 8.78. The molecule has 2 aromatic heterocycles. The molecule has 6 heteroatoms. The van der Waals surface area contributed by atoms with Crippen LogP contribution in [0.4, 0.5) is 0 Å². The van der Waals surface area contributed by atoms with E-state index in [9.17, 15) is 0 Å². The molecular formula is C12H15N3O2S. The SMILES string of the molecule is CO[C@@H]1CN[C@@H](c2nc(-c3cscc3C)no2)C1. The predicted octanol–water partition coefficient (Wildman–Crippen LogP) is 2.16. The number of rotatable bonds is 3. The molecule has 1 aliphatic rings. The monoisotopic (exact) mass is 265 g/mol. The molecule has 2 aromatic rings. The summed E-state index contributed by atoms with van der Waals surface area (Å²) < 4.78 is 10.7. The molecule has 0 spiro atoms. The molecule has 0 amide bonds. The lowest BCUT2D eigenvalue weighted by Gasteiger charge is -2.04. The van der Waals surface area contributed by atoms with E-state index >= 15 is 0 Å². The van der Waals surface area contributed by atoms with Gasteiger partial charge in [-0.15, -0.1) is 0 Å². The van der Waals surface area contributed by atoms with E-state index in [2.05, 4.69) is 27.8 Å². The van der Waals surface area contributed by atoms with Crippen molar-refractivity contribution in [1.29, 1.82) is 0 Å². The highest BCUT2D eigenvalue weighted by atomic mass is 32.1. The Balaban J connectivity index is 1.80. The third-order valence-electron chi connectivity index (χ3n) is 3.26. The molecule has 1 saturated heterocycles. The number of nitrogens with zero attached hydrogens (tertiary/aromatic N) is 2. The average Bonchev–Trinajstić information content (AvgIpc) is 3.07. The standard InChI is InChI=1S/C12H15N3O2S/c1-7-5-18-6-9(7)11-14-12(17-15-11)10-3-8(16-2)4-13-10/h5-6,8,10,13H,3-4H2,1-2H3/t8-,10+/m0/s1. The van der Waals surface area contributed by atoms with Crippen LogP contribution in [0.3, 0.4) is 0 Å². The van der Waals surface area contributed by atoms with Crippen molar-refractivity contribution in [3.63, 3.8) is 0 Å². The molecule has 0 radical (unpaired) electrons. The Kier molecular flexibility index (Phi) is 3.15. The van der Waals surface area contributed by atoms with Gasteiger partial charge in [-0.05, 0) is 24.3 Å². The second kappa shape index (κ2) is 4.79. The van der Waals surface area contributed by atoms with E-state index in [0.717, 1.165) is 18.5 Å². The summed E-state index contributed by atoms with van der Waals surface area (Å²) in [5, 5.41) is 11.5. The van der Waals surface area contributed by atoms with Crippen molar-refractivity contribution >= 4 is 11.3 Å². The van der Waals surface area contributed by atoms with Crippen LogP contribution in [0.5, 0.6) is 0 Å². The normalized spacial score (nSPS) is 23.7. The molecule has 0 unspecified atom stereocenters. The van der Waals surface area contributed by atoms with Crippen LogP contribution in [0, 0.1) is 6.92 Å². The Labute approximate surface area is 109 Å². The lowest BCUT2D eigenvalue weighted by atomic mass is 10.2. The van der Waals surface area contributed by atoms with E-state index in [1.807, 2.05) is 5.38 Å². The molecule has 1 fully saturated rings. The minimum Gasteiger partial charge on any atom is -0.380 e. The molecule has 1 aliphatic heterocycles. The number of hydrogen-bond donors (Lipinski definition) is 1. The fourth-order valence-corrected chi connectivity index (χ4v) is 2.97. The summed E-state index contributed by atoms with van der Waals surface area (Å²) in [4.78, 5) is 4.48. The molecule has 96 valence electrons. The molecule has 0 saturated carbocycles. The number of aromatic nitrogens is 2. The topological polar surface area (TPSA) is 60.2 Å². The summed E-state index contributed by atoms with van der Waals surface area (Å²) in [6, 6.07) is 0.107. The molecule has 0 aromatic carbocycles. The first-order valence-electron chi connectivity index (χ1n) is 5.91. The molecular weight excluding hydrogens is 250 g/mol. The van der Waals surface area contributed by atoms with E-state index in [4.69, 9.17) is 9.26 Å². The Morgan fingerprint density at radius 3 is 3.06 bits per heavy atom. The minimum atomic E-state index is 0.107. The van der Waals surface area contributed by atoms with Gasteiger partial charge in [-0.1, -0.05) is 5.16 Å². The van der Waals surface area contributed by atoms with Crippen molar-refractivity contribution in [3.8, 4) is 11.4 Å². The molecule has 1 N–H and O–H groups in total. The fourth-order valence-electron chi connectivity index (χ4n) is 2.15. The highest BCUT2D eigenvalue weighted by molar-refractivity contribution is 7.08. The quantitative estimate of drug-likeness (QED) is 0.921. The van der Waals surface area contributed by atoms with E-state index in [1.54, 1.807) is 18.4 Å². The zero-order valence-corrected chi connectivity index (χ0v) is 11.2. The smallest absolute Gasteiger partial charge is 0.244 e. The van der Waals surface area contributed by atoms with Crippen molar-refractivity contribution in [2.75, 3.05) is 13.7 Å². The Morgan fingerprint density at radius 1 is 1.50 bits per heavy atom. The average molecular weight is 265 g/mol. The summed E-state index contributed by atoms with van der Waals surface area (Å²) >= 11 is 1.65. The van der Waals surface area contributed by atoms with Gasteiger partial charge in [-0.2, -0.15) is 16.3 Å². The number of aryl methyl sites for hydroxylation is 1. The summed E-state index contributed by atoms with van der Waals surface area (Å²) in [6.45, 7) is 2.88. The van der Waals surface area contributed by atoms with Crippen molar-refractivity contribution in [2.45, 2.75) is 25.5 Å². The van der Waals surface area contributed by atoms with Crippen LogP contribution in [0.25, 0.3) is 11.4 Å². The predicted molar refractivity (Wildman–Crippen MR) is 68.5 cm³/mol. The maximum atomic E-state index is 5.35. The van der Waals surface area contributed by atoms with Gasteiger partial charge in [-0.25, -0.2) is 0 Å². The number of hydrogen-bond acceptors (Lipinski definition) is 6. The van der Waals surface area contributed by atoms with Crippen molar-refractivity contribution in [2.24, 2.45) is 0 Å². The second-order valence-electron chi connectivity index (χ2n) is 4.48. The number of ether oxygens (including phenoxy) is 1. The van der Waals surface area contributed by atoms with Crippen molar-refractivity contribution < 1.29 is 9.26 Å². The van der Waals surface area contributed by atoms with Gasteiger partial charge in [0, 0.05) is 24.6 Å². The molecule has 0 aliphatic carbocycles. The van der Waals surface area contributed by atoms with Crippen LogP contribution >= 0.6 is 11.3 Å². The zero-order chi connectivity index (χ0) is 12.5. The van der Waals surface area contributed by atoms with Gasteiger partial charge in [0.15, 0.2) is 0 Å². The van der Waals surface area contributed by atoms with Gasteiger partial charge in [0.2, 0.25) is 11.7 Å². The molecule has 18 heavy (non-hydrogen) atoms. The molecule has 3 rings (SSSR count). The van der Waals surface area contributed by atoms with Gasteiger partial charge in [0.1, 0.15) is 0 Å². The summed E-state index contributed by atoms with van der Waals surface area (Å²) in [6.07, 6.45) is 1.11. The van der Waals surface area contributed by atoms with Crippen molar-refractivity contribution in [3.05, 3.63) is 22.2 Å². The van der Waals surface area contributed by atoms with E-state index in [1.165, 1.54) is 5.56 Å². The summed E-state index contributed by atoms with van der Waals surface area (Å²) in [5.74, 6) is 1.32. The van der Waals surface area contributed by atoms with Crippen LogP contribution in [0.15, 0.2) is 15.3 Å². The highest BCUT2D eigenvalue weighted by Gasteiger charge is 2.29. The number of nitrogens with one attached hydrogen (secondary N) is 1. The third-order valence-corrected chi connectivity index (χ3v) is 4.12. The second-order valence-corrected chi connectivity index (χ2v) is 5.22. The van der Waals surface area contributed by atoms with Crippen LogP contribution in [0.2, 0.25) is 0 Å². The van der Waals surface area contributed by atoms with Gasteiger partial charge >= 0.3 is 0 Å². The summed E-state index contributed by atoms with van der Waals surface area (Å²) in [7, 11) is 1.72. The van der Waals surface area contributed by atoms with Gasteiger partial charge in [0.25, 0.3) is 0 Å². The molecule has 0 bridgehead atoms. The van der Waals surface area contributed by atoms with Gasteiger partial charge in [0.05, 0.1) is 12.1 Å². The minimum absolute atomic E-state index is 0.107.